The topological polar surface area (TPSA) is 67.8 Å². The second kappa shape index (κ2) is 7.54. The number of carbonyl (C=O) groups is 1. The van der Waals surface area contributed by atoms with Crippen LogP contribution in [0, 0.1) is 5.92 Å². The molecule has 8 heteroatoms. The Kier molecular flexibility index (Phi) is 5.36. The molecule has 0 spiro atoms. The number of carbonyl (C=O) groups excluding carboxylic acids is 1. The first kappa shape index (κ1) is 20.6. The Balaban J connectivity index is 1.45. The smallest absolute Gasteiger partial charge is 0.399 e. The molecule has 1 atom stereocenters. The van der Waals surface area contributed by atoms with E-state index in [0.29, 0.717) is 12.0 Å². The van der Waals surface area contributed by atoms with Crippen LogP contribution in [0.4, 0.5) is 5.95 Å². The van der Waals surface area contributed by atoms with Gasteiger partial charge in [0.1, 0.15) is 0 Å². The average Bonchev–Trinajstić information content (AvgIpc) is 3.47. The summed E-state index contributed by atoms with van der Waals surface area (Å²) in [6.45, 7) is 12.5. The zero-order chi connectivity index (χ0) is 20.8. The van der Waals surface area contributed by atoms with Crippen LogP contribution in [0.25, 0.3) is 0 Å². The van der Waals surface area contributed by atoms with Gasteiger partial charge >= 0.3 is 7.12 Å². The van der Waals surface area contributed by atoms with Crippen molar-refractivity contribution in [2.75, 3.05) is 24.5 Å². The highest BCUT2D eigenvalue weighted by Gasteiger charge is 2.52. The highest BCUT2D eigenvalue weighted by molar-refractivity contribution is 6.61. The van der Waals surface area contributed by atoms with E-state index in [4.69, 9.17) is 9.31 Å². The summed E-state index contributed by atoms with van der Waals surface area (Å²) in [5.41, 5.74) is 0.100. The van der Waals surface area contributed by atoms with Gasteiger partial charge in [0.15, 0.2) is 0 Å². The quantitative estimate of drug-likeness (QED) is 0.705. The van der Waals surface area contributed by atoms with E-state index >= 15 is 0 Å². The summed E-state index contributed by atoms with van der Waals surface area (Å²) in [6.07, 6.45) is 8.27. The summed E-state index contributed by atoms with van der Waals surface area (Å²) in [7, 11) is -0.439. The van der Waals surface area contributed by atoms with Gasteiger partial charge in [-0.15, -0.1) is 0 Å². The molecule has 29 heavy (non-hydrogen) atoms. The molecule has 0 radical (unpaired) electrons. The second-order valence-electron chi connectivity index (χ2n) is 9.76. The lowest BCUT2D eigenvalue weighted by molar-refractivity contribution is -0.130. The Labute approximate surface area is 174 Å². The van der Waals surface area contributed by atoms with Crippen LogP contribution in [-0.4, -0.2) is 64.8 Å². The van der Waals surface area contributed by atoms with Crippen LogP contribution < -0.4 is 10.4 Å². The molecule has 1 saturated carbocycles. The molecule has 0 aromatic carbocycles. The average molecular weight is 400 g/mol. The fourth-order valence-electron chi connectivity index (χ4n) is 4.14. The molecule has 3 aliphatic rings. The van der Waals surface area contributed by atoms with E-state index in [1.54, 1.807) is 6.92 Å². The first-order chi connectivity index (χ1) is 13.7. The largest absolute Gasteiger partial charge is 0.498 e. The number of amides is 1. The van der Waals surface area contributed by atoms with Gasteiger partial charge in [-0.2, -0.15) is 0 Å². The molecule has 3 fully saturated rings. The Bertz CT molecular complexity index is 735. The monoisotopic (exact) mass is 400 g/mol. The molecule has 3 heterocycles. The standard InChI is InChI=1S/C21H33BN4O3/c1-15(27)25-10-6-7-16(13-25)14-26(18-8-9-18)19-23-11-17(12-24-19)22-28-20(2,3)21(4,5)29-22/h11-12,16,18H,6-10,13-14H2,1-5H3. The molecule has 1 aromatic heterocycles. The highest BCUT2D eigenvalue weighted by Crippen LogP contribution is 2.36. The Morgan fingerprint density at radius 3 is 2.34 bits per heavy atom. The van der Waals surface area contributed by atoms with Gasteiger partial charge < -0.3 is 19.1 Å². The van der Waals surface area contributed by atoms with E-state index in [-0.39, 0.29) is 17.1 Å². The summed E-state index contributed by atoms with van der Waals surface area (Å²) in [5, 5.41) is 0. The van der Waals surface area contributed by atoms with E-state index in [1.807, 2.05) is 45.0 Å². The third-order valence-corrected chi connectivity index (χ3v) is 6.85. The van der Waals surface area contributed by atoms with Crippen LogP contribution in [0.3, 0.4) is 0 Å². The fourth-order valence-corrected chi connectivity index (χ4v) is 4.14. The summed E-state index contributed by atoms with van der Waals surface area (Å²) in [5.74, 6) is 1.42. The summed E-state index contributed by atoms with van der Waals surface area (Å²) in [4.78, 5) is 25.4. The van der Waals surface area contributed by atoms with Crippen molar-refractivity contribution in [1.82, 2.24) is 14.9 Å². The summed E-state index contributed by atoms with van der Waals surface area (Å²) >= 11 is 0. The van der Waals surface area contributed by atoms with Crippen molar-refractivity contribution in [3.63, 3.8) is 0 Å². The number of aromatic nitrogens is 2. The molecular formula is C21H33BN4O3. The van der Waals surface area contributed by atoms with Crippen LogP contribution >= 0.6 is 0 Å². The number of piperidine rings is 1. The number of anilines is 1. The Morgan fingerprint density at radius 1 is 1.17 bits per heavy atom. The maximum absolute atomic E-state index is 11.8. The molecule has 7 nitrogen and oxygen atoms in total. The number of likely N-dealkylation sites (tertiary alicyclic amines) is 1. The minimum atomic E-state index is -0.439. The maximum atomic E-state index is 11.8. The van der Waals surface area contributed by atoms with Crippen molar-refractivity contribution < 1.29 is 14.1 Å². The van der Waals surface area contributed by atoms with Gasteiger partial charge in [0.25, 0.3) is 0 Å². The molecule has 2 aliphatic heterocycles. The molecule has 0 N–H and O–H groups in total. The van der Waals surface area contributed by atoms with Crippen LogP contribution in [0.2, 0.25) is 0 Å². The molecule has 0 bridgehead atoms. The Morgan fingerprint density at radius 2 is 1.79 bits per heavy atom. The zero-order valence-corrected chi connectivity index (χ0v) is 18.4. The van der Waals surface area contributed by atoms with E-state index in [0.717, 1.165) is 43.9 Å². The lowest BCUT2D eigenvalue weighted by atomic mass is 9.81. The molecule has 1 amide bonds. The van der Waals surface area contributed by atoms with Gasteiger partial charge in [-0.1, -0.05) is 0 Å². The van der Waals surface area contributed by atoms with Crippen molar-refractivity contribution in [3.05, 3.63) is 12.4 Å². The lowest BCUT2D eigenvalue weighted by Crippen LogP contribution is -2.44. The van der Waals surface area contributed by atoms with Gasteiger partial charge in [-0.05, 0) is 59.3 Å². The van der Waals surface area contributed by atoms with Crippen molar-refractivity contribution in [3.8, 4) is 0 Å². The van der Waals surface area contributed by atoms with E-state index in [2.05, 4.69) is 14.9 Å². The van der Waals surface area contributed by atoms with Gasteiger partial charge in [0.05, 0.1) is 11.2 Å². The van der Waals surface area contributed by atoms with Gasteiger partial charge in [-0.25, -0.2) is 9.97 Å². The van der Waals surface area contributed by atoms with Crippen LogP contribution in [0.1, 0.15) is 60.3 Å². The van der Waals surface area contributed by atoms with E-state index in [9.17, 15) is 4.79 Å². The SMILES string of the molecule is CC(=O)N1CCCC(CN(c2ncc(B3OC(C)(C)C(C)(C)O3)cn2)C2CC2)C1. The first-order valence-electron chi connectivity index (χ1n) is 10.9. The molecule has 1 aromatic rings. The summed E-state index contributed by atoms with van der Waals surface area (Å²) < 4.78 is 12.2. The molecule has 1 unspecified atom stereocenters. The normalized spacial score (nSPS) is 25.9. The van der Waals surface area contributed by atoms with Crippen LogP contribution in [0.15, 0.2) is 12.4 Å². The van der Waals surface area contributed by atoms with E-state index < -0.39 is 7.12 Å². The van der Waals surface area contributed by atoms with Crippen molar-refractivity contribution in [1.29, 1.82) is 0 Å². The van der Waals surface area contributed by atoms with Crippen LogP contribution in [0.5, 0.6) is 0 Å². The minimum absolute atomic E-state index is 0.177. The van der Waals surface area contributed by atoms with E-state index in [1.165, 1.54) is 12.8 Å². The van der Waals surface area contributed by atoms with Gasteiger partial charge in [-0.3, -0.25) is 4.79 Å². The number of rotatable bonds is 5. The van der Waals surface area contributed by atoms with Gasteiger partial charge in [0.2, 0.25) is 11.9 Å². The third-order valence-electron chi connectivity index (χ3n) is 6.85. The molecule has 158 valence electrons. The first-order valence-corrected chi connectivity index (χ1v) is 10.9. The lowest BCUT2D eigenvalue weighted by Gasteiger charge is -2.35. The molecule has 4 rings (SSSR count). The predicted octanol–water partition coefficient (Wildman–Crippen LogP) is 2.00. The highest BCUT2D eigenvalue weighted by atomic mass is 16.7. The summed E-state index contributed by atoms with van der Waals surface area (Å²) in [6, 6.07) is 0.519. The van der Waals surface area contributed by atoms with Crippen molar-refractivity contribution >= 4 is 24.4 Å². The molecular weight excluding hydrogens is 367 g/mol. The second-order valence-corrected chi connectivity index (χ2v) is 9.76. The molecule has 1 aliphatic carbocycles. The van der Waals surface area contributed by atoms with Crippen molar-refractivity contribution in [2.24, 2.45) is 5.92 Å². The molecule has 2 saturated heterocycles. The van der Waals surface area contributed by atoms with Crippen molar-refractivity contribution in [2.45, 2.75) is 77.5 Å². The predicted molar refractivity (Wildman–Crippen MR) is 113 cm³/mol. The number of hydrogen-bond acceptors (Lipinski definition) is 6. The third kappa shape index (κ3) is 4.28. The Hall–Kier alpha value is -1.67. The fraction of sp³-hybridized carbons (Fsp3) is 0.762. The number of hydrogen-bond donors (Lipinski definition) is 0. The van der Waals surface area contributed by atoms with Crippen LogP contribution in [-0.2, 0) is 14.1 Å². The van der Waals surface area contributed by atoms with Gasteiger partial charge in [0, 0.05) is 50.5 Å². The number of nitrogens with zero attached hydrogens (tertiary/aromatic N) is 4. The minimum Gasteiger partial charge on any atom is -0.399 e. The maximum Gasteiger partial charge on any atom is 0.498 e. The zero-order valence-electron chi connectivity index (χ0n) is 18.4.